The third-order valence-corrected chi connectivity index (χ3v) is 12.5. The number of carbonyl (C=O) groups is 3. The van der Waals surface area contributed by atoms with Crippen LogP contribution in [0.25, 0.3) is 0 Å². The molecule has 0 bridgehead atoms. The molecular weight excluding hydrogens is 1050 g/mol. The molecule has 0 radical (unpaired) electrons. The summed E-state index contributed by atoms with van der Waals surface area (Å²) in [6.07, 6.45) is -56.0. The Labute approximate surface area is 415 Å². The molecular formula is C37H59NO35S. The molecule has 5 aliphatic heterocycles. The molecule has 4 fully saturated rings. The summed E-state index contributed by atoms with van der Waals surface area (Å²) < 4.78 is 92.9. The zero-order chi connectivity index (χ0) is 55.4. The number of aliphatic hydroxyl groups excluding tert-OH is 16. The fourth-order valence-electron chi connectivity index (χ4n) is 8.26. The van der Waals surface area contributed by atoms with Crippen LogP contribution in [0, 0.1) is 0 Å². The van der Waals surface area contributed by atoms with Gasteiger partial charge in [-0.15, -0.1) is 0 Å². The highest BCUT2D eigenvalue weighted by atomic mass is 32.3. The van der Waals surface area contributed by atoms with Crippen LogP contribution in [0.1, 0.15) is 6.92 Å². The van der Waals surface area contributed by atoms with Gasteiger partial charge in [-0.1, -0.05) is 0 Å². The van der Waals surface area contributed by atoms with E-state index in [1.54, 1.807) is 0 Å². The van der Waals surface area contributed by atoms with Crippen LogP contribution < -0.4 is 5.32 Å². The summed E-state index contributed by atoms with van der Waals surface area (Å²) in [6.45, 7) is -4.80. The van der Waals surface area contributed by atoms with E-state index in [1.165, 1.54) is 0 Å². The van der Waals surface area contributed by atoms with Gasteiger partial charge in [0.1, 0.15) is 122 Å². The lowest BCUT2D eigenvalue weighted by Gasteiger charge is -2.50. The van der Waals surface area contributed by atoms with E-state index in [0.29, 0.717) is 0 Å². The molecule has 20 N–H and O–H groups in total. The maximum absolute atomic E-state index is 12.8. The lowest BCUT2D eigenvalue weighted by atomic mass is 9.94. The van der Waals surface area contributed by atoms with E-state index in [1.807, 2.05) is 0 Å². The average molecular weight is 1110 g/mol. The van der Waals surface area contributed by atoms with Crippen LogP contribution in [0.4, 0.5) is 0 Å². The standard InChI is InChI=1S/C37H59NO35S/c1-7(44)38-13-25(67-34-20(52)17(49)18(50)29(71-34)31(56)57)24(73-74(60,61)62)12(6-43)66-33(13)70-28-19(51)21(53)35(72-30(28)32(58)59)68-27-16(48)11(5-42)65-37(23(27)55)69-26-15(47)10(4-41)64-36(22(26)54)63-9(3-40)14(46)8(45)2-39/h8-17,19-28,30,33-37,39-43,45-55H,2-6H2,1H3,(H,38,44)(H,56,57)(H,58,59)(H,60,61,62)/t8-,9+,10+,11+,12+,13+,14+,15-,16-,17-,19+,20+,21+,22+,23+,24-,25+,26-,27-,28-,30-,33-,34+,35+,36+,37-/m0/s1. The normalized spacial score (nSPS) is 42.4. The summed E-state index contributed by atoms with van der Waals surface area (Å²) in [5.74, 6) is -8.07. The van der Waals surface area contributed by atoms with Gasteiger partial charge in [0.2, 0.25) is 18.0 Å². The van der Waals surface area contributed by atoms with E-state index in [4.69, 9.17) is 47.4 Å². The van der Waals surface area contributed by atoms with Gasteiger partial charge in [0.05, 0.1) is 33.0 Å². The molecule has 37 heteroatoms. The summed E-state index contributed by atoms with van der Waals surface area (Å²) >= 11 is 0. The van der Waals surface area contributed by atoms with Crippen molar-refractivity contribution < 1.29 is 171 Å². The molecule has 5 rings (SSSR count). The lowest BCUT2D eigenvalue weighted by Crippen LogP contribution is -2.70. The Morgan fingerprint density at radius 1 is 0.608 bits per heavy atom. The minimum Gasteiger partial charge on any atom is -0.506 e. The largest absolute Gasteiger partial charge is 0.506 e. The number of aliphatic hydroxyl groups is 16. The Balaban J connectivity index is 1.41. The van der Waals surface area contributed by atoms with Gasteiger partial charge in [-0.25, -0.2) is 13.8 Å². The predicted octanol–water partition coefficient (Wildman–Crippen LogP) is -12.6. The first-order valence-corrected chi connectivity index (χ1v) is 23.2. The number of aliphatic carboxylic acids is 2. The monoisotopic (exact) mass is 1110 g/mol. The summed E-state index contributed by atoms with van der Waals surface area (Å²) in [4.78, 5) is 37.2. The van der Waals surface area contributed by atoms with Gasteiger partial charge >= 0.3 is 22.3 Å². The second-order valence-corrected chi connectivity index (χ2v) is 18.1. The second-order valence-electron chi connectivity index (χ2n) is 17.0. The fourth-order valence-corrected chi connectivity index (χ4v) is 8.78. The van der Waals surface area contributed by atoms with E-state index in [9.17, 15) is 119 Å². The third-order valence-electron chi connectivity index (χ3n) is 12.0. The molecule has 0 aromatic rings. The topological polar surface area (TPSA) is 583 Å². The van der Waals surface area contributed by atoms with Crippen molar-refractivity contribution in [2.24, 2.45) is 0 Å². The van der Waals surface area contributed by atoms with Gasteiger partial charge in [-0.2, -0.15) is 8.42 Å². The Bertz CT molecular complexity index is 2020. The van der Waals surface area contributed by atoms with Gasteiger partial charge < -0.3 is 145 Å². The molecule has 0 saturated carbocycles. The highest BCUT2D eigenvalue weighted by Crippen LogP contribution is 2.37. The van der Waals surface area contributed by atoms with Crippen LogP contribution in [0.15, 0.2) is 11.5 Å². The van der Waals surface area contributed by atoms with E-state index in [2.05, 4.69) is 9.50 Å². The van der Waals surface area contributed by atoms with Gasteiger partial charge in [0, 0.05) is 6.92 Å². The number of rotatable bonds is 22. The minimum absolute atomic E-state index is 0.809. The van der Waals surface area contributed by atoms with Crippen molar-refractivity contribution >= 4 is 28.2 Å². The van der Waals surface area contributed by atoms with Gasteiger partial charge in [0.25, 0.3) is 0 Å². The van der Waals surface area contributed by atoms with Gasteiger partial charge in [-0.3, -0.25) is 9.35 Å². The van der Waals surface area contributed by atoms with Crippen LogP contribution in [-0.2, 0) is 76.3 Å². The number of ether oxygens (including phenoxy) is 10. The molecule has 26 atom stereocenters. The zero-order valence-electron chi connectivity index (χ0n) is 38.0. The van der Waals surface area contributed by atoms with E-state index >= 15 is 0 Å². The van der Waals surface area contributed by atoms with E-state index < -0.39 is 232 Å². The van der Waals surface area contributed by atoms with Crippen molar-refractivity contribution in [1.82, 2.24) is 5.32 Å². The Morgan fingerprint density at radius 3 is 1.59 bits per heavy atom. The van der Waals surface area contributed by atoms with Gasteiger partial charge in [0.15, 0.2) is 37.0 Å². The Hall–Kier alpha value is -3.34. The molecule has 4 saturated heterocycles. The Morgan fingerprint density at radius 2 is 1.11 bits per heavy atom. The zero-order valence-corrected chi connectivity index (χ0v) is 38.8. The molecule has 0 aromatic heterocycles. The molecule has 36 nitrogen and oxygen atoms in total. The number of carbonyl (C=O) groups excluding carboxylic acids is 1. The van der Waals surface area contributed by atoms with E-state index in [-0.39, 0.29) is 0 Å². The summed E-state index contributed by atoms with van der Waals surface area (Å²) in [5, 5.41) is 190. The van der Waals surface area contributed by atoms with Crippen molar-refractivity contribution in [3.8, 4) is 0 Å². The van der Waals surface area contributed by atoms with Crippen LogP contribution in [0.2, 0.25) is 0 Å². The number of hydrogen-bond acceptors (Lipinski definition) is 32. The molecule has 0 aliphatic carbocycles. The first-order valence-electron chi connectivity index (χ1n) is 21.9. The quantitative estimate of drug-likeness (QED) is 0.0448. The van der Waals surface area contributed by atoms with Crippen molar-refractivity contribution in [3.05, 3.63) is 11.5 Å². The molecule has 1 amide bonds. The highest BCUT2D eigenvalue weighted by Gasteiger charge is 2.59. The van der Waals surface area contributed by atoms with E-state index in [0.717, 1.165) is 6.92 Å². The summed E-state index contributed by atoms with van der Waals surface area (Å²) in [6, 6.07) is -2.18. The molecule has 0 spiro atoms. The predicted molar refractivity (Wildman–Crippen MR) is 218 cm³/mol. The second kappa shape index (κ2) is 25.9. The third kappa shape index (κ3) is 13.7. The molecule has 428 valence electrons. The number of amides is 1. The van der Waals surface area contributed by atoms with Crippen LogP contribution >= 0.6 is 0 Å². The number of carboxylic acid groups (broad SMARTS) is 2. The van der Waals surface area contributed by atoms with Crippen molar-refractivity contribution in [2.75, 3.05) is 33.0 Å². The number of nitrogens with one attached hydrogen (secondary N) is 1. The smallest absolute Gasteiger partial charge is 0.397 e. The molecule has 0 aromatic carbocycles. The summed E-state index contributed by atoms with van der Waals surface area (Å²) in [7, 11) is -5.64. The number of carboxylic acids is 2. The van der Waals surface area contributed by atoms with Gasteiger partial charge in [-0.05, 0) is 0 Å². The van der Waals surface area contributed by atoms with Crippen molar-refractivity contribution in [1.29, 1.82) is 0 Å². The SMILES string of the molecule is CC(=O)N[C@H]1[C@H](O[C@H]2[C@H](O)[C@@H](O)[C@H](O[C@H]3[C@@H](O)[C@@H](CO)O[C@@H](O[C@H]4[C@@H](O)[C@@H](CO)O[C@@H](O[C@H](CO)[C@H](O)[C@@H](O)CO)[C@@H]4O)[C@@H]3O)O[C@@H]2C(=O)O)O[C@H](CO)[C@H](OS(=O)(=O)O)[C@@H]1O[C@@H]1OC(C(=O)O)=C(O)[C@H](O)[C@H]1O. The number of hydrogen-bond donors (Lipinski definition) is 20. The molecule has 5 heterocycles. The Kier molecular flexibility index (Phi) is 21.5. The van der Waals surface area contributed by atoms with Crippen molar-refractivity contribution in [2.45, 2.75) is 166 Å². The first-order chi connectivity index (χ1) is 34.6. The maximum atomic E-state index is 12.8. The molecule has 74 heavy (non-hydrogen) atoms. The van der Waals surface area contributed by atoms with Crippen LogP contribution in [0.5, 0.6) is 0 Å². The minimum atomic E-state index is -5.64. The molecule has 5 aliphatic rings. The summed E-state index contributed by atoms with van der Waals surface area (Å²) in [5.41, 5.74) is 0. The fraction of sp³-hybridized carbons (Fsp3) is 0.865. The first kappa shape index (κ1) is 61.5. The lowest BCUT2D eigenvalue weighted by molar-refractivity contribution is -0.387. The van der Waals surface area contributed by atoms with Crippen LogP contribution in [-0.4, -0.2) is 315 Å². The highest BCUT2D eigenvalue weighted by molar-refractivity contribution is 7.80. The molecule has 0 unspecified atom stereocenters. The average Bonchev–Trinajstić information content (AvgIpc) is 3.34. The van der Waals surface area contributed by atoms with Crippen molar-refractivity contribution in [3.63, 3.8) is 0 Å². The van der Waals surface area contributed by atoms with Crippen LogP contribution in [0.3, 0.4) is 0 Å². The maximum Gasteiger partial charge on any atom is 0.397 e.